The van der Waals surface area contributed by atoms with Gasteiger partial charge in [-0.25, -0.2) is 0 Å². The van der Waals surface area contributed by atoms with Crippen molar-refractivity contribution in [2.45, 2.75) is 19.2 Å². The summed E-state index contributed by atoms with van der Waals surface area (Å²) in [5, 5.41) is 8.32. The zero-order valence-electron chi connectivity index (χ0n) is 5.93. The number of halogens is 3. The Morgan fingerprint density at radius 2 is 2.09 bits per heavy atom. The summed E-state index contributed by atoms with van der Waals surface area (Å²) in [6.45, 7) is 1.91. The first-order valence-corrected chi connectivity index (χ1v) is 3.01. The molecule has 0 saturated heterocycles. The maximum absolute atomic E-state index is 11.5. The average molecular weight is 170 g/mol. The fourth-order valence-corrected chi connectivity index (χ4v) is 0.335. The van der Waals surface area contributed by atoms with E-state index in [4.69, 9.17) is 5.11 Å². The Morgan fingerprint density at radius 3 is 2.45 bits per heavy atom. The van der Waals surface area contributed by atoms with E-state index in [1.807, 2.05) is 0 Å². The number of ether oxygens (including phenoxy) is 1. The Labute approximate surface area is 62.3 Å². The van der Waals surface area contributed by atoms with E-state index in [-0.39, 0.29) is 6.61 Å². The Morgan fingerprint density at radius 1 is 1.55 bits per heavy atom. The Kier molecular flexibility index (Phi) is 3.95. The lowest BCUT2D eigenvalue weighted by atomic mass is 10.3. The molecule has 0 aliphatic rings. The molecule has 0 fully saturated rings. The van der Waals surface area contributed by atoms with Crippen molar-refractivity contribution in [3.05, 3.63) is 12.3 Å². The first-order valence-electron chi connectivity index (χ1n) is 3.01. The molecule has 0 aromatic carbocycles. The van der Waals surface area contributed by atoms with Crippen LogP contribution < -0.4 is 0 Å². The van der Waals surface area contributed by atoms with Crippen LogP contribution in [0.25, 0.3) is 0 Å². The number of aliphatic hydroxyl groups is 1. The fourth-order valence-electron chi connectivity index (χ4n) is 0.335. The minimum atomic E-state index is -4.60. The Hall–Kier alpha value is -0.710. The van der Waals surface area contributed by atoms with Crippen molar-refractivity contribution in [2.24, 2.45) is 0 Å². The van der Waals surface area contributed by atoms with E-state index < -0.39 is 12.3 Å². The van der Waals surface area contributed by atoms with Crippen LogP contribution in [0.3, 0.4) is 0 Å². The van der Waals surface area contributed by atoms with Crippen LogP contribution in [0.4, 0.5) is 13.2 Å². The lowest BCUT2D eigenvalue weighted by molar-refractivity contribution is -0.188. The molecule has 2 nitrogen and oxygen atoms in total. The van der Waals surface area contributed by atoms with Crippen molar-refractivity contribution in [3.8, 4) is 0 Å². The molecule has 0 heterocycles. The van der Waals surface area contributed by atoms with E-state index in [2.05, 4.69) is 4.74 Å². The van der Waals surface area contributed by atoms with Crippen LogP contribution >= 0.6 is 0 Å². The number of aliphatic hydroxyl groups excluding tert-OH is 1. The maximum atomic E-state index is 11.5. The van der Waals surface area contributed by atoms with Gasteiger partial charge in [-0.2, -0.15) is 13.2 Å². The van der Waals surface area contributed by atoms with E-state index in [0.29, 0.717) is 6.08 Å². The van der Waals surface area contributed by atoms with Gasteiger partial charge in [0.1, 0.15) is 0 Å². The zero-order valence-corrected chi connectivity index (χ0v) is 5.93. The third kappa shape index (κ3) is 4.66. The Balaban J connectivity index is 3.77. The van der Waals surface area contributed by atoms with Crippen LogP contribution in [0, 0.1) is 0 Å². The van der Waals surface area contributed by atoms with Gasteiger partial charge in [-0.15, -0.1) is 0 Å². The summed E-state index contributed by atoms with van der Waals surface area (Å²) < 4.78 is 39.0. The van der Waals surface area contributed by atoms with Gasteiger partial charge in [0.05, 0.1) is 12.9 Å². The topological polar surface area (TPSA) is 29.5 Å². The van der Waals surface area contributed by atoms with Gasteiger partial charge < -0.3 is 9.84 Å². The molecule has 0 aliphatic heterocycles. The van der Waals surface area contributed by atoms with Crippen LogP contribution in [0.2, 0.25) is 0 Å². The number of hydrogen-bond donors (Lipinski definition) is 1. The lowest BCUT2D eigenvalue weighted by Gasteiger charge is -2.09. The zero-order chi connectivity index (χ0) is 8.91. The highest BCUT2D eigenvalue weighted by Crippen LogP contribution is 2.20. The second kappa shape index (κ2) is 4.23. The predicted octanol–water partition coefficient (Wildman–Crippen LogP) is 1.46. The summed E-state index contributed by atoms with van der Waals surface area (Å²) in [5.74, 6) is 0. The summed E-state index contributed by atoms with van der Waals surface area (Å²) in [5.41, 5.74) is 0. The molecule has 0 saturated carbocycles. The van der Waals surface area contributed by atoms with Crippen molar-refractivity contribution < 1.29 is 23.0 Å². The minimum absolute atomic E-state index is 0.279. The van der Waals surface area contributed by atoms with Gasteiger partial charge in [-0.1, -0.05) is 0 Å². The molecule has 0 aromatic heterocycles. The van der Waals surface area contributed by atoms with Crippen molar-refractivity contribution in [1.29, 1.82) is 0 Å². The molecule has 1 N–H and O–H groups in total. The molecular weight excluding hydrogens is 161 g/mol. The monoisotopic (exact) mass is 170 g/mol. The first-order chi connectivity index (χ1) is 4.98. The standard InChI is InChI=1S/C6H9F3O2/c1-2-11-4-3-5(10)6(7,8)9/h3-5,10H,2H2,1H3/b4-3+/t5-/m1/s1. The molecule has 0 rings (SSSR count). The first kappa shape index (κ1) is 10.3. The summed E-state index contributed by atoms with van der Waals surface area (Å²) >= 11 is 0. The molecule has 1 atom stereocenters. The number of rotatable bonds is 3. The lowest BCUT2D eigenvalue weighted by Crippen LogP contribution is -2.26. The highest BCUT2D eigenvalue weighted by molar-refractivity contribution is 4.87. The summed E-state index contributed by atoms with van der Waals surface area (Å²) in [7, 11) is 0. The second-order valence-corrected chi connectivity index (χ2v) is 1.77. The van der Waals surface area contributed by atoms with Crippen LogP contribution in [-0.4, -0.2) is 24.0 Å². The molecule has 66 valence electrons. The SMILES string of the molecule is CCO/C=C/[C@@H](O)C(F)(F)F. The quantitative estimate of drug-likeness (QED) is 0.649. The maximum Gasteiger partial charge on any atom is 0.418 e. The minimum Gasteiger partial charge on any atom is -0.502 e. The van der Waals surface area contributed by atoms with E-state index in [0.717, 1.165) is 6.26 Å². The molecule has 0 aliphatic carbocycles. The van der Waals surface area contributed by atoms with Crippen molar-refractivity contribution in [2.75, 3.05) is 6.61 Å². The second-order valence-electron chi connectivity index (χ2n) is 1.77. The largest absolute Gasteiger partial charge is 0.502 e. The van der Waals surface area contributed by atoms with Crippen molar-refractivity contribution in [1.82, 2.24) is 0 Å². The molecule has 5 heteroatoms. The molecule has 0 radical (unpaired) electrons. The average Bonchev–Trinajstić information content (AvgIpc) is 1.86. The third-order valence-electron chi connectivity index (χ3n) is 0.859. The van der Waals surface area contributed by atoms with Crippen LogP contribution in [0.15, 0.2) is 12.3 Å². The molecule has 0 spiro atoms. The van der Waals surface area contributed by atoms with Crippen LogP contribution in [0.5, 0.6) is 0 Å². The van der Waals surface area contributed by atoms with Crippen LogP contribution in [0.1, 0.15) is 6.92 Å². The molecule has 0 bridgehead atoms. The van der Waals surface area contributed by atoms with E-state index in [1.54, 1.807) is 6.92 Å². The molecule has 0 unspecified atom stereocenters. The van der Waals surface area contributed by atoms with Crippen molar-refractivity contribution in [3.63, 3.8) is 0 Å². The molecule has 0 amide bonds. The molecular formula is C6H9F3O2. The van der Waals surface area contributed by atoms with E-state index in [9.17, 15) is 13.2 Å². The summed E-state index contributed by atoms with van der Waals surface area (Å²) in [4.78, 5) is 0. The number of alkyl halides is 3. The fraction of sp³-hybridized carbons (Fsp3) is 0.667. The van der Waals surface area contributed by atoms with Crippen LogP contribution in [-0.2, 0) is 4.74 Å². The smallest absolute Gasteiger partial charge is 0.418 e. The van der Waals surface area contributed by atoms with Gasteiger partial charge in [0.2, 0.25) is 0 Å². The molecule has 0 aromatic rings. The number of hydrogen-bond acceptors (Lipinski definition) is 2. The van der Waals surface area contributed by atoms with Gasteiger partial charge >= 0.3 is 6.18 Å². The predicted molar refractivity (Wildman–Crippen MR) is 32.8 cm³/mol. The molecule has 11 heavy (non-hydrogen) atoms. The highest BCUT2D eigenvalue weighted by Gasteiger charge is 2.36. The van der Waals surface area contributed by atoms with Gasteiger partial charge in [0, 0.05) is 0 Å². The van der Waals surface area contributed by atoms with E-state index >= 15 is 0 Å². The van der Waals surface area contributed by atoms with Gasteiger partial charge in [0.15, 0.2) is 6.10 Å². The normalized spacial score (nSPS) is 15.4. The third-order valence-corrected chi connectivity index (χ3v) is 0.859. The van der Waals surface area contributed by atoms with Gasteiger partial charge in [-0.3, -0.25) is 0 Å². The van der Waals surface area contributed by atoms with E-state index in [1.165, 1.54) is 0 Å². The van der Waals surface area contributed by atoms with Gasteiger partial charge in [-0.05, 0) is 13.0 Å². The Bertz CT molecular complexity index is 130. The van der Waals surface area contributed by atoms with Gasteiger partial charge in [0.25, 0.3) is 0 Å². The summed E-state index contributed by atoms with van der Waals surface area (Å²) in [6, 6.07) is 0. The summed E-state index contributed by atoms with van der Waals surface area (Å²) in [6.07, 6.45) is -5.66. The highest BCUT2D eigenvalue weighted by atomic mass is 19.4. The van der Waals surface area contributed by atoms with Crippen molar-refractivity contribution >= 4 is 0 Å².